The van der Waals surface area contributed by atoms with Crippen LogP contribution in [0.4, 0.5) is 4.39 Å². The first-order valence-corrected chi connectivity index (χ1v) is 10.4. The summed E-state index contributed by atoms with van der Waals surface area (Å²) in [5, 5.41) is 4.70. The van der Waals surface area contributed by atoms with Gasteiger partial charge in [0.2, 0.25) is 0 Å². The van der Waals surface area contributed by atoms with E-state index in [0.29, 0.717) is 28.9 Å². The number of hydrogen-bond acceptors (Lipinski definition) is 5. The fraction of sp³-hybridized carbons (Fsp3) is 0.435. The molecule has 5 rings (SSSR count). The molecule has 7 heteroatoms. The molecule has 2 aromatic heterocycles. The Kier molecular flexibility index (Phi) is 4.58. The topological polar surface area (TPSA) is 62.5 Å². The van der Waals surface area contributed by atoms with E-state index in [1.54, 1.807) is 6.07 Å². The Morgan fingerprint density at radius 3 is 2.83 bits per heavy atom. The van der Waals surface area contributed by atoms with E-state index >= 15 is 0 Å². The summed E-state index contributed by atoms with van der Waals surface area (Å²) in [6.45, 7) is 8.95. The van der Waals surface area contributed by atoms with E-state index in [1.807, 2.05) is 37.8 Å². The summed E-state index contributed by atoms with van der Waals surface area (Å²) in [6.07, 6.45) is 0.951. The molecule has 2 unspecified atom stereocenters. The van der Waals surface area contributed by atoms with Gasteiger partial charge in [-0.15, -0.1) is 0 Å². The number of carbonyl (C=O) groups is 1. The fourth-order valence-electron chi connectivity index (χ4n) is 4.96. The van der Waals surface area contributed by atoms with Gasteiger partial charge in [-0.2, -0.15) is 0 Å². The molecule has 156 valence electrons. The molecule has 2 atom stereocenters. The number of carbonyl (C=O) groups excluding carboxylic acids is 1. The first-order chi connectivity index (χ1) is 14.4. The van der Waals surface area contributed by atoms with E-state index in [4.69, 9.17) is 4.52 Å². The third-order valence-corrected chi connectivity index (χ3v) is 6.57. The van der Waals surface area contributed by atoms with E-state index in [-0.39, 0.29) is 11.7 Å². The number of halogens is 1. The van der Waals surface area contributed by atoms with Gasteiger partial charge in [0.25, 0.3) is 11.6 Å². The van der Waals surface area contributed by atoms with Crippen LogP contribution in [0.5, 0.6) is 0 Å². The third-order valence-electron chi connectivity index (χ3n) is 6.57. The first-order valence-electron chi connectivity index (χ1n) is 10.4. The Bertz CT molecular complexity index is 1140. The molecule has 0 spiro atoms. The Hall–Kier alpha value is -2.80. The van der Waals surface area contributed by atoms with Gasteiger partial charge in [-0.3, -0.25) is 9.69 Å². The molecule has 0 saturated carbocycles. The smallest absolute Gasteiger partial charge is 0.258 e. The van der Waals surface area contributed by atoms with Crippen molar-refractivity contribution in [2.75, 3.05) is 19.6 Å². The van der Waals surface area contributed by atoms with Crippen LogP contribution in [0.2, 0.25) is 0 Å². The van der Waals surface area contributed by atoms with Gasteiger partial charge in [0.15, 0.2) is 0 Å². The van der Waals surface area contributed by atoms with Crippen molar-refractivity contribution in [2.24, 2.45) is 5.92 Å². The number of aryl methyl sites for hydroxylation is 3. The lowest BCUT2D eigenvalue weighted by Crippen LogP contribution is -2.63. The summed E-state index contributed by atoms with van der Waals surface area (Å²) in [4.78, 5) is 22.1. The number of benzene rings is 1. The predicted octanol–water partition coefficient (Wildman–Crippen LogP) is 3.63. The molecular weight excluding hydrogens is 383 g/mol. The van der Waals surface area contributed by atoms with Gasteiger partial charge in [-0.1, -0.05) is 11.2 Å². The van der Waals surface area contributed by atoms with Gasteiger partial charge in [0, 0.05) is 43.8 Å². The van der Waals surface area contributed by atoms with E-state index in [2.05, 4.69) is 15.0 Å². The Morgan fingerprint density at radius 2 is 2.07 bits per heavy atom. The van der Waals surface area contributed by atoms with Crippen molar-refractivity contribution in [1.82, 2.24) is 19.9 Å². The maximum Gasteiger partial charge on any atom is 0.258 e. The summed E-state index contributed by atoms with van der Waals surface area (Å²) < 4.78 is 18.7. The van der Waals surface area contributed by atoms with Crippen molar-refractivity contribution in [3.63, 3.8) is 0 Å². The molecule has 2 aliphatic rings. The molecule has 2 aliphatic heterocycles. The number of nitrogens with zero attached hydrogens (tertiary/aromatic N) is 4. The molecule has 6 nitrogen and oxygen atoms in total. The lowest BCUT2D eigenvalue weighted by Gasteiger charge is -2.53. The van der Waals surface area contributed by atoms with E-state index in [0.717, 1.165) is 49.2 Å². The van der Waals surface area contributed by atoms with Crippen LogP contribution in [-0.4, -0.2) is 51.5 Å². The minimum atomic E-state index is -0.187. The van der Waals surface area contributed by atoms with Gasteiger partial charge in [-0.05, 0) is 56.5 Å². The first kappa shape index (κ1) is 19.2. The second-order valence-electron chi connectivity index (χ2n) is 8.63. The number of amides is 1. The quantitative estimate of drug-likeness (QED) is 0.662. The highest BCUT2D eigenvalue weighted by Crippen LogP contribution is 2.35. The van der Waals surface area contributed by atoms with Crippen LogP contribution in [-0.2, 0) is 6.54 Å². The van der Waals surface area contributed by atoms with Crippen LogP contribution in [0.3, 0.4) is 0 Å². The van der Waals surface area contributed by atoms with Crippen LogP contribution in [0, 0.1) is 32.5 Å². The Balaban J connectivity index is 1.29. The van der Waals surface area contributed by atoms with Crippen molar-refractivity contribution in [3.8, 4) is 0 Å². The second kappa shape index (κ2) is 7.16. The average molecular weight is 408 g/mol. The SMILES string of the molecule is Cc1cc(C(=O)N2CCC3C(C2)CN3Cc2ccc(F)cc2C)c2c(C)noc2n1. The van der Waals surface area contributed by atoms with E-state index in [9.17, 15) is 9.18 Å². The Labute approximate surface area is 174 Å². The summed E-state index contributed by atoms with van der Waals surface area (Å²) >= 11 is 0. The highest BCUT2D eigenvalue weighted by atomic mass is 19.1. The number of aromatic nitrogens is 2. The zero-order valence-corrected chi connectivity index (χ0v) is 17.5. The van der Waals surface area contributed by atoms with Crippen LogP contribution in [0.1, 0.15) is 39.3 Å². The predicted molar refractivity (Wildman–Crippen MR) is 111 cm³/mol. The van der Waals surface area contributed by atoms with Gasteiger partial charge >= 0.3 is 0 Å². The number of piperidine rings is 1. The highest BCUT2D eigenvalue weighted by Gasteiger charge is 2.43. The number of hydrogen-bond donors (Lipinski definition) is 0. The molecule has 1 aromatic carbocycles. The standard InChI is InChI=1S/C23H25FN4O2/c1-13-8-18(24)5-4-16(13)10-28-12-17-11-27(7-6-20(17)28)23(29)19-9-14(2)25-22-21(19)15(3)26-30-22/h4-5,8-9,17,20H,6-7,10-12H2,1-3H3. The monoisotopic (exact) mass is 408 g/mol. The van der Waals surface area contributed by atoms with Gasteiger partial charge < -0.3 is 9.42 Å². The normalized spacial score (nSPS) is 21.5. The largest absolute Gasteiger partial charge is 0.338 e. The molecule has 0 aliphatic carbocycles. The van der Waals surface area contributed by atoms with Crippen molar-refractivity contribution >= 4 is 17.0 Å². The summed E-state index contributed by atoms with van der Waals surface area (Å²) in [5.74, 6) is 0.321. The Morgan fingerprint density at radius 1 is 1.23 bits per heavy atom. The number of rotatable bonds is 3. The third kappa shape index (κ3) is 3.17. The minimum Gasteiger partial charge on any atom is -0.338 e. The van der Waals surface area contributed by atoms with Gasteiger partial charge in [0.05, 0.1) is 16.6 Å². The molecule has 2 fully saturated rings. The second-order valence-corrected chi connectivity index (χ2v) is 8.63. The molecule has 4 heterocycles. The lowest BCUT2D eigenvalue weighted by atomic mass is 9.82. The lowest BCUT2D eigenvalue weighted by molar-refractivity contribution is -0.0422. The van der Waals surface area contributed by atoms with Crippen LogP contribution < -0.4 is 0 Å². The number of likely N-dealkylation sites (tertiary alicyclic amines) is 2. The average Bonchev–Trinajstić information content (AvgIpc) is 3.06. The van der Waals surface area contributed by atoms with Crippen molar-refractivity contribution in [1.29, 1.82) is 0 Å². The summed E-state index contributed by atoms with van der Waals surface area (Å²) in [7, 11) is 0. The minimum absolute atomic E-state index is 0.0306. The maximum absolute atomic E-state index is 13.4. The van der Waals surface area contributed by atoms with Crippen molar-refractivity contribution in [2.45, 2.75) is 39.8 Å². The fourth-order valence-corrected chi connectivity index (χ4v) is 4.96. The molecular formula is C23H25FN4O2. The summed E-state index contributed by atoms with van der Waals surface area (Å²) in [6, 6.07) is 7.33. The van der Waals surface area contributed by atoms with E-state index in [1.165, 1.54) is 11.6 Å². The molecule has 0 N–H and O–H groups in total. The van der Waals surface area contributed by atoms with Crippen LogP contribution >= 0.6 is 0 Å². The van der Waals surface area contributed by atoms with E-state index < -0.39 is 0 Å². The van der Waals surface area contributed by atoms with Crippen LogP contribution in [0.25, 0.3) is 11.1 Å². The molecule has 0 bridgehead atoms. The molecule has 3 aromatic rings. The molecule has 2 saturated heterocycles. The van der Waals surface area contributed by atoms with Gasteiger partial charge in [-0.25, -0.2) is 9.37 Å². The van der Waals surface area contributed by atoms with Gasteiger partial charge in [0.1, 0.15) is 5.82 Å². The zero-order chi connectivity index (χ0) is 21.0. The van der Waals surface area contributed by atoms with Crippen LogP contribution in [0.15, 0.2) is 28.8 Å². The highest BCUT2D eigenvalue weighted by molar-refractivity contribution is 6.06. The van der Waals surface area contributed by atoms with Crippen molar-refractivity contribution in [3.05, 3.63) is 58.2 Å². The van der Waals surface area contributed by atoms with Crippen molar-refractivity contribution < 1.29 is 13.7 Å². The molecule has 1 amide bonds. The molecule has 0 radical (unpaired) electrons. The molecule has 30 heavy (non-hydrogen) atoms. The number of fused-ring (bicyclic) bond motifs is 2. The summed E-state index contributed by atoms with van der Waals surface area (Å²) in [5.41, 5.74) is 4.67. The number of pyridine rings is 1. The maximum atomic E-state index is 13.4. The zero-order valence-electron chi connectivity index (χ0n) is 17.5.